The summed E-state index contributed by atoms with van der Waals surface area (Å²) in [6.45, 7) is 7.64. The second-order valence-electron chi connectivity index (χ2n) is 4.45. The fraction of sp³-hybridized carbons (Fsp3) is 0.417. The Morgan fingerprint density at radius 2 is 2.07 bits per heavy atom. The second-order valence-corrected chi connectivity index (χ2v) is 4.45. The van der Waals surface area contributed by atoms with Crippen LogP contribution in [0.4, 0.5) is 5.69 Å². The van der Waals surface area contributed by atoms with Gasteiger partial charge in [-0.15, -0.1) is 0 Å². The van der Waals surface area contributed by atoms with Gasteiger partial charge in [0.25, 0.3) is 0 Å². The van der Waals surface area contributed by atoms with E-state index < -0.39 is 0 Å². The molecule has 0 aliphatic rings. The molecule has 0 saturated carbocycles. The van der Waals surface area contributed by atoms with Crippen molar-refractivity contribution in [2.75, 3.05) is 5.32 Å². The van der Waals surface area contributed by atoms with Crippen molar-refractivity contribution in [1.29, 1.82) is 0 Å². The van der Waals surface area contributed by atoms with Crippen molar-refractivity contribution < 1.29 is 4.79 Å². The first-order chi connectivity index (χ1) is 6.41. The zero-order chi connectivity index (χ0) is 10.8. The molecule has 0 aliphatic heterocycles. The molecule has 75 valence electrons. The van der Waals surface area contributed by atoms with Crippen LogP contribution < -0.4 is 5.32 Å². The summed E-state index contributed by atoms with van der Waals surface area (Å²) in [4.78, 5) is 11.7. The fourth-order valence-electron chi connectivity index (χ4n) is 0.964. The van der Waals surface area contributed by atoms with Crippen LogP contribution in [0, 0.1) is 18.4 Å². The highest BCUT2D eigenvalue weighted by molar-refractivity contribution is 5.95. The van der Waals surface area contributed by atoms with Crippen LogP contribution in [0.25, 0.3) is 0 Å². The Kier molecular flexibility index (Phi) is 2.94. The summed E-state index contributed by atoms with van der Waals surface area (Å²) in [5, 5.41) is 2.89. The Hall–Kier alpha value is -1.31. The Bertz CT molecular complexity index is 336. The summed E-state index contributed by atoms with van der Waals surface area (Å²) in [7, 11) is 0. The van der Waals surface area contributed by atoms with Crippen LogP contribution in [0.5, 0.6) is 0 Å². The van der Waals surface area contributed by atoms with E-state index in [9.17, 15) is 4.79 Å². The number of carbonyl (C=O) groups excluding carboxylic acids is 1. The molecule has 0 atom stereocenters. The minimum absolute atomic E-state index is 0.0341. The fourth-order valence-corrected chi connectivity index (χ4v) is 0.964. The van der Waals surface area contributed by atoms with Crippen LogP contribution in [-0.4, -0.2) is 5.91 Å². The molecule has 0 saturated heterocycles. The van der Waals surface area contributed by atoms with Crippen LogP contribution in [0.15, 0.2) is 18.2 Å². The van der Waals surface area contributed by atoms with Gasteiger partial charge in [-0.1, -0.05) is 26.8 Å². The molecule has 2 heteroatoms. The lowest BCUT2D eigenvalue weighted by molar-refractivity contribution is -0.123. The summed E-state index contributed by atoms with van der Waals surface area (Å²) in [6.07, 6.45) is 0. The number of rotatable bonds is 1. The third-order valence-electron chi connectivity index (χ3n) is 2.00. The molecule has 0 unspecified atom stereocenters. The molecule has 0 aromatic heterocycles. The van der Waals surface area contributed by atoms with Crippen LogP contribution in [0.2, 0.25) is 0 Å². The lowest BCUT2D eigenvalue weighted by Crippen LogP contribution is -2.27. The van der Waals surface area contributed by atoms with Crippen LogP contribution in [0.3, 0.4) is 0 Å². The van der Waals surface area contributed by atoms with Crippen molar-refractivity contribution in [3.05, 3.63) is 29.8 Å². The van der Waals surface area contributed by atoms with E-state index in [1.165, 1.54) is 0 Å². The number of amides is 1. The third-order valence-corrected chi connectivity index (χ3v) is 2.00. The molecule has 1 N–H and O–H groups in total. The summed E-state index contributed by atoms with van der Waals surface area (Å²) >= 11 is 0. The van der Waals surface area contributed by atoms with Crippen molar-refractivity contribution in [3.63, 3.8) is 0 Å². The number of anilines is 1. The van der Waals surface area contributed by atoms with Crippen LogP contribution in [-0.2, 0) is 4.79 Å². The van der Waals surface area contributed by atoms with E-state index >= 15 is 0 Å². The highest BCUT2D eigenvalue weighted by atomic mass is 16.2. The average Bonchev–Trinajstić information content (AvgIpc) is 2.07. The van der Waals surface area contributed by atoms with E-state index in [4.69, 9.17) is 0 Å². The summed E-state index contributed by atoms with van der Waals surface area (Å²) < 4.78 is 0. The Balaban J connectivity index is 2.80. The Labute approximate surface area is 85.3 Å². The van der Waals surface area contributed by atoms with E-state index in [1.54, 1.807) is 6.07 Å². The van der Waals surface area contributed by atoms with Gasteiger partial charge in [-0.2, -0.15) is 0 Å². The molecule has 2 nitrogen and oxygen atoms in total. The molecule has 0 spiro atoms. The van der Waals surface area contributed by atoms with E-state index in [1.807, 2.05) is 39.8 Å². The van der Waals surface area contributed by atoms with E-state index in [-0.39, 0.29) is 11.3 Å². The van der Waals surface area contributed by atoms with E-state index in [0.29, 0.717) is 0 Å². The zero-order valence-corrected chi connectivity index (χ0v) is 9.14. The van der Waals surface area contributed by atoms with Crippen LogP contribution in [0.1, 0.15) is 26.3 Å². The number of aryl methyl sites for hydroxylation is 1. The minimum Gasteiger partial charge on any atom is -0.325 e. The largest absolute Gasteiger partial charge is 0.325 e. The molecule has 1 aromatic carbocycles. The van der Waals surface area contributed by atoms with Gasteiger partial charge in [-0.25, -0.2) is 0 Å². The van der Waals surface area contributed by atoms with Crippen molar-refractivity contribution in [3.8, 4) is 0 Å². The number of hydrogen-bond acceptors (Lipinski definition) is 1. The highest BCUT2D eigenvalue weighted by Gasteiger charge is 2.21. The maximum Gasteiger partial charge on any atom is 0.229 e. The summed E-state index contributed by atoms with van der Waals surface area (Å²) in [5.74, 6) is 0.0341. The third kappa shape index (κ3) is 2.59. The quantitative estimate of drug-likeness (QED) is 0.724. The standard InChI is InChI=1S/C12H16NO/c1-9-7-5-6-8-10(9)13-11(14)12(2,3)4/h6-8H,1-4H3,(H,13,14). The molecular weight excluding hydrogens is 174 g/mol. The topological polar surface area (TPSA) is 29.1 Å². The van der Waals surface area contributed by atoms with Gasteiger partial charge in [0.2, 0.25) is 5.91 Å². The first-order valence-corrected chi connectivity index (χ1v) is 4.69. The lowest BCUT2D eigenvalue weighted by Gasteiger charge is -2.18. The van der Waals surface area contributed by atoms with Crippen molar-refractivity contribution in [2.24, 2.45) is 5.41 Å². The van der Waals surface area contributed by atoms with Crippen molar-refractivity contribution >= 4 is 11.6 Å². The SMILES string of the molecule is Cc1c[c]ccc1NC(=O)C(C)(C)C. The molecule has 0 bridgehead atoms. The highest BCUT2D eigenvalue weighted by Crippen LogP contribution is 2.19. The summed E-state index contributed by atoms with van der Waals surface area (Å²) in [6, 6.07) is 8.48. The Morgan fingerprint density at radius 3 is 2.57 bits per heavy atom. The normalized spacial score (nSPS) is 11.1. The zero-order valence-electron chi connectivity index (χ0n) is 9.14. The first kappa shape index (κ1) is 10.8. The van der Waals surface area contributed by atoms with Gasteiger partial charge in [0.15, 0.2) is 0 Å². The maximum atomic E-state index is 11.7. The van der Waals surface area contributed by atoms with E-state index in [2.05, 4.69) is 11.4 Å². The van der Waals surface area contributed by atoms with Gasteiger partial charge < -0.3 is 5.32 Å². The molecule has 1 rings (SSSR count). The molecule has 1 radical (unpaired) electrons. The number of hydrogen-bond donors (Lipinski definition) is 1. The predicted molar refractivity (Wildman–Crippen MR) is 58.1 cm³/mol. The van der Waals surface area contributed by atoms with Gasteiger partial charge in [0, 0.05) is 11.1 Å². The van der Waals surface area contributed by atoms with Gasteiger partial charge >= 0.3 is 0 Å². The van der Waals surface area contributed by atoms with Gasteiger partial charge in [0.05, 0.1) is 0 Å². The minimum atomic E-state index is -0.355. The molecular formula is C12H16NO. The molecule has 0 heterocycles. The monoisotopic (exact) mass is 190 g/mol. The number of carbonyl (C=O) groups is 1. The molecule has 14 heavy (non-hydrogen) atoms. The summed E-state index contributed by atoms with van der Waals surface area (Å²) in [5.41, 5.74) is 1.54. The van der Waals surface area contributed by atoms with E-state index in [0.717, 1.165) is 11.3 Å². The number of benzene rings is 1. The van der Waals surface area contributed by atoms with Crippen molar-refractivity contribution in [2.45, 2.75) is 27.7 Å². The maximum absolute atomic E-state index is 11.7. The van der Waals surface area contributed by atoms with Gasteiger partial charge in [-0.3, -0.25) is 4.79 Å². The first-order valence-electron chi connectivity index (χ1n) is 4.69. The van der Waals surface area contributed by atoms with Crippen molar-refractivity contribution in [1.82, 2.24) is 0 Å². The molecule has 0 fully saturated rings. The second kappa shape index (κ2) is 3.82. The lowest BCUT2D eigenvalue weighted by atomic mass is 9.95. The smallest absolute Gasteiger partial charge is 0.229 e. The molecule has 1 amide bonds. The van der Waals surface area contributed by atoms with Gasteiger partial charge in [0.1, 0.15) is 0 Å². The van der Waals surface area contributed by atoms with Gasteiger partial charge in [-0.05, 0) is 30.7 Å². The number of nitrogens with one attached hydrogen (secondary N) is 1. The predicted octanol–water partition coefficient (Wildman–Crippen LogP) is 2.78. The van der Waals surface area contributed by atoms with Crippen LogP contribution >= 0.6 is 0 Å². The Morgan fingerprint density at radius 1 is 1.43 bits per heavy atom. The molecule has 1 aromatic rings. The molecule has 0 aliphatic carbocycles. The average molecular weight is 190 g/mol.